The monoisotopic (exact) mass is 246 g/mol. The van der Waals surface area contributed by atoms with Crippen LogP contribution in [0.1, 0.15) is 23.2 Å². The zero-order valence-corrected chi connectivity index (χ0v) is 9.78. The molecule has 3 rings (SSSR count). The van der Waals surface area contributed by atoms with Crippen LogP contribution >= 0.6 is 0 Å². The van der Waals surface area contributed by atoms with Gasteiger partial charge in [0, 0.05) is 18.9 Å². The molecule has 0 radical (unpaired) electrons. The van der Waals surface area contributed by atoms with Crippen LogP contribution in [0, 0.1) is 5.92 Å². The summed E-state index contributed by atoms with van der Waals surface area (Å²) in [6.45, 7) is 0.605. The summed E-state index contributed by atoms with van der Waals surface area (Å²) in [6, 6.07) is 0. The first-order valence-corrected chi connectivity index (χ1v) is 5.97. The van der Waals surface area contributed by atoms with Crippen LogP contribution in [0.5, 0.6) is 0 Å². The first-order chi connectivity index (χ1) is 8.74. The molecule has 2 aromatic heterocycles. The van der Waals surface area contributed by atoms with Gasteiger partial charge in [-0.2, -0.15) is 5.10 Å². The molecule has 6 heteroatoms. The first-order valence-electron chi connectivity index (χ1n) is 5.97. The summed E-state index contributed by atoms with van der Waals surface area (Å²) in [7, 11) is 0. The van der Waals surface area contributed by atoms with Gasteiger partial charge in [0.2, 0.25) is 0 Å². The molecule has 0 bridgehead atoms. The fourth-order valence-corrected chi connectivity index (χ4v) is 2.21. The van der Waals surface area contributed by atoms with Gasteiger partial charge in [-0.1, -0.05) is 0 Å². The van der Waals surface area contributed by atoms with Gasteiger partial charge in [-0.05, 0) is 18.8 Å². The molecule has 1 saturated carbocycles. The second kappa shape index (κ2) is 4.38. The molecule has 2 N–H and O–H groups in total. The molecule has 6 nitrogen and oxygen atoms in total. The van der Waals surface area contributed by atoms with E-state index in [2.05, 4.69) is 15.4 Å². The van der Waals surface area contributed by atoms with Crippen molar-refractivity contribution in [2.45, 2.75) is 18.9 Å². The standard InChI is InChI=1S/C12H14N4O2/c17-9-3-8(4-9)5-14-12(18)10-6-15-16-2-1-13-7-11(10)16/h1-2,6-9,17H,3-5H2,(H,14,18). The van der Waals surface area contributed by atoms with Gasteiger partial charge in [-0.15, -0.1) is 0 Å². The van der Waals surface area contributed by atoms with Crippen LogP contribution in [-0.4, -0.2) is 38.3 Å². The molecule has 18 heavy (non-hydrogen) atoms. The number of hydrogen-bond acceptors (Lipinski definition) is 4. The number of carbonyl (C=O) groups is 1. The minimum absolute atomic E-state index is 0.139. The molecule has 1 amide bonds. The second-order valence-electron chi connectivity index (χ2n) is 4.67. The largest absolute Gasteiger partial charge is 0.393 e. The van der Waals surface area contributed by atoms with Crippen LogP contribution < -0.4 is 5.32 Å². The second-order valence-corrected chi connectivity index (χ2v) is 4.67. The van der Waals surface area contributed by atoms with E-state index in [1.54, 1.807) is 29.3 Å². The molecule has 0 aliphatic heterocycles. The summed E-state index contributed by atoms with van der Waals surface area (Å²) in [5.74, 6) is 0.253. The Labute approximate surface area is 104 Å². The fourth-order valence-electron chi connectivity index (χ4n) is 2.21. The Morgan fingerprint density at radius 1 is 1.50 bits per heavy atom. The topological polar surface area (TPSA) is 79.5 Å². The maximum Gasteiger partial charge on any atom is 0.255 e. The molecular weight excluding hydrogens is 232 g/mol. The van der Waals surface area contributed by atoms with Crippen molar-refractivity contribution in [2.75, 3.05) is 6.54 Å². The molecule has 2 heterocycles. The third-order valence-electron chi connectivity index (χ3n) is 3.33. The van der Waals surface area contributed by atoms with E-state index in [9.17, 15) is 9.90 Å². The number of hydrogen-bond donors (Lipinski definition) is 2. The number of fused-ring (bicyclic) bond motifs is 1. The summed E-state index contributed by atoms with van der Waals surface area (Å²) in [5, 5.41) is 16.1. The molecule has 1 aliphatic carbocycles. The lowest BCUT2D eigenvalue weighted by molar-refractivity contribution is 0.0420. The number of aromatic nitrogens is 3. The number of nitrogens with one attached hydrogen (secondary N) is 1. The van der Waals surface area contributed by atoms with Gasteiger partial charge in [-0.25, -0.2) is 4.52 Å². The number of amides is 1. The molecule has 0 atom stereocenters. The average molecular weight is 246 g/mol. The molecule has 0 unspecified atom stereocenters. The number of nitrogens with zero attached hydrogens (tertiary/aromatic N) is 3. The highest BCUT2D eigenvalue weighted by molar-refractivity contribution is 6.00. The highest BCUT2D eigenvalue weighted by Gasteiger charge is 2.27. The van der Waals surface area contributed by atoms with Gasteiger partial charge in [0.1, 0.15) is 0 Å². The maximum absolute atomic E-state index is 12.0. The fraction of sp³-hybridized carbons (Fsp3) is 0.417. The lowest BCUT2D eigenvalue weighted by atomic mass is 9.82. The van der Waals surface area contributed by atoms with E-state index in [0.29, 0.717) is 23.5 Å². The Bertz CT molecular complexity index is 574. The Morgan fingerprint density at radius 3 is 3.11 bits per heavy atom. The van der Waals surface area contributed by atoms with Gasteiger partial charge >= 0.3 is 0 Å². The number of carbonyl (C=O) groups excluding carboxylic acids is 1. The molecule has 1 aliphatic rings. The Morgan fingerprint density at radius 2 is 2.33 bits per heavy atom. The molecule has 2 aromatic rings. The molecule has 1 fully saturated rings. The Balaban J connectivity index is 1.68. The van der Waals surface area contributed by atoms with E-state index >= 15 is 0 Å². The predicted molar refractivity (Wildman–Crippen MR) is 64.1 cm³/mol. The summed E-state index contributed by atoms with van der Waals surface area (Å²) >= 11 is 0. The highest BCUT2D eigenvalue weighted by atomic mass is 16.3. The number of rotatable bonds is 3. The van der Waals surface area contributed by atoms with Gasteiger partial charge in [-0.3, -0.25) is 9.78 Å². The maximum atomic E-state index is 12.0. The van der Waals surface area contributed by atoms with Crippen molar-refractivity contribution in [3.8, 4) is 0 Å². The van der Waals surface area contributed by atoms with Crippen molar-refractivity contribution in [3.05, 3.63) is 30.4 Å². The van der Waals surface area contributed by atoms with E-state index in [1.165, 1.54) is 0 Å². The van der Waals surface area contributed by atoms with Crippen LogP contribution in [-0.2, 0) is 0 Å². The molecule has 0 saturated heterocycles. The summed E-state index contributed by atoms with van der Waals surface area (Å²) in [5.41, 5.74) is 1.23. The van der Waals surface area contributed by atoms with E-state index in [4.69, 9.17) is 0 Å². The van der Waals surface area contributed by atoms with E-state index < -0.39 is 0 Å². The van der Waals surface area contributed by atoms with Crippen molar-refractivity contribution >= 4 is 11.4 Å². The molecular formula is C12H14N4O2. The molecule has 0 aromatic carbocycles. The zero-order chi connectivity index (χ0) is 12.5. The van der Waals surface area contributed by atoms with Crippen molar-refractivity contribution in [1.29, 1.82) is 0 Å². The van der Waals surface area contributed by atoms with Crippen LogP contribution in [0.2, 0.25) is 0 Å². The van der Waals surface area contributed by atoms with E-state index in [1.807, 2.05) is 0 Å². The zero-order valence-electron chi connectivity index (χ0n) is 9.78. The van der Waals surface area contributed by atoms with Crippen molar-refractivity contribution in [2.24, 2.45) is 5.92 Å². The highest BCUT2D eigenvalue weighted by Crippen LogP contribution is 2.26. The number of aliphatic hydroxyl groups is 1. The van der Waals surface area contributed by atoms with E-state index in [0.717, 1.165) is 12.8 Å². The minimum atomic E-state index is -0.187. The lowest BCUT2D eigenvalue weighted by Crippen LogP contribution is -2.38. The quantitative estimate of drug-likeness (QED) is 0.812. The summed E-state index contributed by atoms with van der Waals surface area (Å²) in [6.07, 6.45) is 7.85. The molecule has 0 spiro atoms. The van der Waals surface area contributed by atoms with Gasteiger partial charge in [0.05, 0.1) is 29.6 Å². The van der Waals surface area contributed by atoms with Crippen molar-refractivity contribution in [1.82, 2.24) is 19.9 Å². The third-order valence-corrected chi connectivity index (χ3v) is 3.33. The van der Waals surface area contributed by atoms with Crippen molar-refractivity contribution < 1.29 is 9.90 Å². The first kappa shape index (κ1) is 11.2. The average Bonchev–Trinajstić information content (AvgIpc) is 2.76. The number of aliphatic hydroxyl groups excluding tert-OH is 1. The van der Waals surface area contributed by atoms with Gasteiger partial charge < -0.3 is 10.4 Å². The Kier molecular flexibility index (Phi) is 2.71. The smallest absolute Gasteiger partial charge is 0.255 e. The lowest BCUT2D eigenvalue weighted by Gasteiger charge is -2.31. The predicted octanol–water partition coefficient (Wildman–Crippen LogP) is 0.230. The van der Waals surface area contributed by atoms with Crippen molar-refractivity contribution in [3.63, 3.8) is 0 Å². The van der Waals surface area contributed by atoms with E-state index in [-0.39, 0.29) is 12.0 Å². The van der Waals surface area contributed by atoms with Crippen LogP contribution in [0.3, 0.4) is 0 Å². The summed E-state index contributed by atoms with van der Waals surface area (Å²) in [4.78, 5) is 16.0. The Hall–Kier alpha value is -1.95. The third kappa shape index (κ3) is 1.95. The van der Waals surface area contributed by atoms with Crippen LogP contribution in [0.25, 0.3) is 5.52 Å². The van der Waals surface area contributed by atoms with Gasteiger partial charge in [0.25, 0.3) is 5.91 Å². The molecule has 94 valence electrons. The van der Waals surface area contributed by atoms with Crippen LogP contribution in [0.15, 0.2) is 24.8 Å². The summed E-state index contributed by atoms with van der Waals surface area (Å²) < 4.78 is 1.62. The van der Waals surface area contributed by atoms with Gasteiger partial charge in [0.15, 0.2) is 0 Å². The van der Waals surface area contributed by atoms with Crippen LogP contribution in [0.4, 0.5) is 0 Å². The minimum Gasteiger partial charge on any atom is -0.393 e. The SMILES string of the molecule is O=C(NCC1CC(O)C1)c1cnn2ccncc12. The normalized spacial score (nSPS) is 22.7.